The van der Waals surface area contributed by atoms with E-state index in [1.54, 1.807) is 18.2 Å². The van der Waals surface area contributed by atoms with Crippen LogP contribution in [0.4, 0.5) is 10.5 Å². The molecule has 3 amide bonds. The Morgan fingerprint density at radius 1 is 1.29 bits per heavy atom. The van der Waals surface area contributed by atoms with Gasteiger partial charge in [0, 0.05) is 24.7 Å². The summed E-state index contributed by atoms with van der Waals surface area (Å²) >= 11 is 5.97. The second-order valence-electron chi connectivity index (χ2n) is 5.22. The largest absolute Gasteiger partial charge is 0.495 e. The Morgan fingerprint density at radius 3 is 2.75 bits per heavy atom. The molecule has 0 bridgehead atoms. The van der Waals surface area contributed by atoms with Crippen LogP contribution in [0.1, 0.15) is 19.8 Å². The number of anilines is 1. The van der Waals surface area contributed by atoms with Gasteiger partial charge in [0.05, 0.1) is 25.8 Å². The van der Waals surface area contributed by atoms with Crippen LogP contribution in [0.25, 0.3) is 0 Å². The third-order valence-corrected chi connectivity index (χ3v) is 3.86. The van der Waals surface area contributed by atoms with Crippen molar-refractivity contribution in [3.8, 4) is 5.75 Å². The number of halogens is 1. The maximum atomic E-state index is 12.5. The van der Waals surface area contributed by atoms with Crippen LogP contribution in [0.2, 0.25) is 5.02 Å². The molecule has 7 nitrogen and oxygen atoms in total. The highest BCUT2D eigenvalue weighted by Gasteiger charge is 2.30. The number of ether oxygens (including phenoxy) is 2. The number of nitrogens with one attached hydrogen (secondary N) is 1. The summed E-state index contributed by atoms with van der Waals surface area (Å²) < 4.78 is 10.4. The number of benzene rings is 1. The lowest BCUT2D eigenvalue weighted by atomic mass is 10.3. The molecule has 24 heavy (non-hydrogen) atoms. The van der Waals surface area contributed by atoms with Gasteiger partial charge in [-0.25, -0.2) is 14.8 Å². The Kier molecular flexibility index (Phi) is 6.69. The lowest BCUT2D eigenvalue weighted by Crippen LogP contribution is -2.47. The number of hydrogen-bond donors (Lipinski definition) is 1. The number of carbonyl (C=O) groups is 2. The zero-order valence-electron chi connectivity index (χ0n) is 13.9. The number of hydrogen-bond acceptors (Lipinski definition) is 4. The highest BCUT2D eigenvalue weighted by Crippen LogP contribution is 2.28. The van der Waals surface area contributed by atoms with Crippen molar-refractivity contribution in [2.75, 3.05) is 38.7 Å². The van der Waals surface area contributed by atoms with Crippen LogP contribution in [-0.2, 0) is 9.53 Å². The van der Waals surface area contributed by atoms with Crippen LogP contribution in [-0.4, -0.2) is 55.4 Å². The summed E-state index contributed by atoms with van der Waals surface area (Å²) in [5.74, 6) is 0.371. The third-order valence-electron chi connectivity index (χ3n) is 3.62. The number of hydrazine groups is 1. The fourth-order valence-electron chi connectivity index (χ4n) is 2.47. The Hall–Kier alpha value is -1.99. The average molecular weight is 356 g/mol. The van der Waals surface area contributed by atoms with Crippen molar-refractivity contribution in [3.63, 3.8) is 0 Å². The Labute approximate surface area is 146 Å². The van der Waals surface area contributed by atoms with Crippen LogP contribution in [0.15, 0.2) is 18.2 Å². The molecule has 1 aliphatic rings. The first-order valence-electron chi connectivity index (χ1n) is 7.87. The molecule has 8 heteroatoms. The van der Waals surface area contributed by atoms with E-state index in [0.29, 0.717) is 42.8 Å². The monoisotopic (exact) mass is 355 g/mol. The van der Waals surface area contributed by atoms with Gasteiger partial charge in [-0.05, 0) is 31.5 Å². The maximum absolute atomic E-state index is 12.5. The Bertz CT molecular complexity index is 597. The maximum Gasteiger partial charge on any atom is 0.340 e. The minimum absolute atomic E-state index is 0.130. The number of carbonyl (C=O) groups excluding carboxylic acids is 2. The molecule has 1 aliphatic heterocycles. The molecule has 0 aromatic heterocycles. The van der Waals surface area contributed by atoms with Crippen molar-refractivity contribution in [1.82, 2.24) is 10.0 Å². The lowest BCUT2D eigenvalue weighted by Gasteiger charge is -2.28. The molecule has 0 spiro atoms. The SMILES string of the molecule is CCOCCC(=O)N1CCCN1C(=O)Nc1cc(Cl)ccc1OC. The highest BCUT2D eigenvalue weighted by molar-refractivity contribution is 6.31. The number of amides is 3. The van der Waals surface area contributed by atoms with Gasteiger partial charge >= 0.3 is 6.03 Å². The fourth-order valence-corrected chi connectivity index (χ4v) is 2.64. The predicted molar refractivity (Wildman–Crippen MR) is 91.2 cm³/mol. The second-order valence-corrected chi connectivity index (χ2v) is 5.65. The molecule has 0 unspecified atom stereocenters. The molecule has 1 N–H and O–H groups in total. The van der Waals surface area contributed by atoms with E-state index in [1.165, 1.54) is 17.1 Å². The smallest absolute Gasteiger partial charge is 0.340 e. The zero-order chi connectivity index (χ0) is 17.5. The highest BCUT2D eigenvalue weighted by atomic mass is 35.5. The Balaban J connectivity index is 2.03. The fraction of sp³-hybridized carbons (Fsp3) is 0.500. The second kappa shape index (κ2) is 8.75. The summed E-state index contributed by atoms with van der Waals surface area (Å²) in [6.07, 6.45) is 0.985. The lowest BCUT2D eigenvalue weighted by molar-refractivity contribution is -0.140. The van der Waals surface area contributed by atoms with Gasteiger partial charge in [-0.15, -0.1) is 0 Å². The van der Waals surface area contributed by atoms with Crippen molar-refractivity contribution in [1.29, 1.82) is 0 Å². The standard InChI is InChI=1S/C16H22ClN3O4/c1-3-24-10-7-15(21)19-8-4-9-20(19)16(22)18-13-11-12(17)5-6-14(13)23-2/h5-6,11H,3-4,7-10H2,1-2H3,(H,18,22). The molecular formula is C16H22ClN3O4. The van der Waals surface area contributed by atoms with Crippen molar-refractivity contribution in [2.24, 2.45) is 0 Å². The van der Waals surface area contributed by atoms with E-state index in [2.05, 4.69) is 5.32 Å². The average Bonchev–Trinajstić information content (AvgIpc) is 3.05. The molecule has 1 fully saturated rings. The van der Waals surface area contributed by atoms with Gasteiger partial charge in [-0.2, -0.15) is 0 Å². The van der Waals surface area contributed by atoms with E-state index in [1.807, 2.05) is 6.92 Å². The van der Waals surface area contributed by atoms with E-state index in [-0.39, 0.29) is 12.3 Å². The molecule has 2 rings (SSSR count). The Morgan fingerprint density at radius 2 is 2.04 bits per heavy atom. The molecule has 1 aromatic carbocycles. The molecule has 0 radical (unpaired) electrons. The first-order valence-corrected chi connectivity index (χ1v) is 8.24. The third kappa shape index (κ3) is 4.52. The topological polar surface area (TPSA) is 71.1 Å². The van der Waals surface area contributed by atoms with Gasteiger partial charge in [0.2, 0.25) is 5.91 Å². The van der Waals surface area contributed by atoms with E-state index in [9.17, 15) is 9.59 Å². The number of methoxy groups -OCH3 is 1. The predicted octanol–water partition coefficient (Wildman–Crippen LogP) is 2.76. The van der Waals surface area contributed by atoms with Crippen molar-refractivity contribution in [2.45, 2.75) is 19.8 Å². The van der Waals surface area contributed by atoms with Gasteiger partial charge in [-0.1, -0.05) is 11.6 Å². The molecule has 1 saturated heterocycles. The quantitative estimate of drug-likeness (QED) is 0.796. The molecule has 0 saturated carbocycles. The van der Waals surface area contributed by atoms with E-state index in [0.717, 1.165) is 6.42 Å². The number of urea groups is 1. The number of nitrogens with zero attached hydrogens (tertiary/aromatic N) is 2. The van der Waals surface area contributed by atoms with Crippen molar-refractivity contribution < 1.29 is 19.1 Å². The van der Waals surface area contributed by atoms with Crippen LogP contribution in [0.3, 0.4) is 0 Å². The van der Waals surface area contributed by atoms with Crippen LogP contribution in [0, 0.1) is 0 Å². The summed E-state index contributed by atoms with van der Waals surface area (Å²) in [5.41, 5.74) is 0.462. The minimum atomic E-state index is -0.391. The first-order chi connectivity index (χ1) is 11.6. The van der Waals surface area contributed by atoms with Gasteiger partial charge in [-0.3, -0.25) is 4.79 Å². The molecule has 0 atom stereocenters. The normalized spacial score (nSPS) is 14.0. The molecule has 0 aliphatic carbocycles. The van der Waals surface area contributed by atoms with Crippen LogP contribution >= 0.6 is 11.6 Å². The summed E-state index contributed by atoms with van der Waals surface area (Å²) in [6.45, 7) is 3.79. The van der Waals surface area contributed by atoms with E-state index < -0.39 is 6.03 Å². The first kappa shape index (κ1) is 18.4. The minimum Gasteiger partial charge on any atom is -0.495 e. The van der Waals surface area contributed by atoms with Crippen molar-refractivity contribution in [3.05, 3.63) is 23.2 Å². The van der Waals surface area contributed by atoms with Gasteiger partial charge in [0.1, 0.15) is 5.75 Å². The molecule has 132 valence electrons. The summed E-state index contributed by atoms with van der Waals surface area (Å²) in [7, 11) is 1.51. The van der Waals surface area contributed by atoms with Crippen molar-refractivity contribution >= 4 is 29.2 Å². The summed E-state index contributed by atoms with van der Waals surface area (Å²) in [4.78, 5) is 24.8. The molecule has 1 aromatic rings. The summed E-state index contributed by atoms with van der Waals surface area (Å²) in [5, 5.41) is 6.11. The van der Waals surface area contributed by atoms with E-state index >= 15 is 0 Å². The number of rotatable bonds is 6. The van der Waals surface area contributed by atoms with Crippen LogP contribution < -0.4 is 10.1 Å². The summed E-state index contributed by atoms with van der Waals surface area (Å²) in [6, 6.07) is 4.57. The van der Waals surface area contributed by atoms with E-state index in [4.69, 9.17) is 21.1 Å². The molecular weight excluding hydrogens is 334 g/mol. The zero-order valence-corrected chi connectivity index (χ0v) is 14.6. The van der Waals surface area contributed by atoms with Gasteiger partial charge in [0.25, 0.3) is 0 Å². The molecule has 1 heterocycles. The van der Waals surface area contributed by atoms with Gasteiger partial charge in [0.15, 0.2) is 0 Å². The van der Waals surface area contributed by atoms with Gasteiger partial charge < -0.3 is 14.8 Å². The van der Waals surface area contributed by atoms with Crippen LogP contribution in [0.5, 0.6) is 5.75 Å².